The molecule has 4 N–H and O–H groups in total. The number of phenols is 1. The number of cyclic esters (lactones) is 1. The highest BCUT2D eigenvalue weighted by Gasteiger charge is 2.46. The fourth-order valence-electron chi connectivity index (χ4n) is 3.56. The first-order valence-corrected chi connectivity index (χ1v) is 9.57. The van der Waals surface area contributed by atoms with Crippen LogP contribution in [0.25, 0.3) is 0 Å². The predicted octanol–water partition coefficient (Wildman–Crippen LogP) is 0.439. The largest absolute Gasteiger partial charge is 0.507 e. The third-order valence-corrected chi connectivity index (χ3v) is 5.03. The molecule has 3 rings (SSSR count). The zero-order chi connectivity index (χ0) is 21.8. The highest BCUT2D eigenvalue weighted by Crippen LogP contribution is 2.35. The monoisotopic (exact) mass is 422 g/mol. The van der Waals surface area contributed by atoms with Crippen molar-refractivity contribution in [3.05, 3.63) is 47.6 Å². The number of benzene rings is 1. The quantitative estimate of drug-likeness (QED) is 0.380. The molecule has 2 heterocycles. The summed E-state index contributed by atoms with van der Waals surface area (Å²) in [5.74, 6) is -0.855. The highest BCUT2D eigenvalue weighted by atomic mass is 16.7. The number of rotatable bonds is 6. The Bertz CT molecular complexity index is 817. The number of fused-ring (bicyclic) bond motifs is 1. The Morgan fingerprint density at radius 3 is 2.67 bits per heavy atom. The van der Waals surface area contributed by atoms with Gasteiger partial charge in [0.2, 0.25) is 6.29 Å². The molecule has 1 aromatic rings. The van der Waals surface area contributed by atoms with Gasteiger partial charge in [-0.25, -0.2) is 4.79 Å². The number of carbonyl (C=O) groups excluding carboxylic acids is 1. The zero-order valence-corrected chi connectivity index (χ0v) is 16.7. The van der Waals surface area contributed by atoms with E-state index < -0.39 is 49.4 Å². The molecule has 2 aliphatic rings. The topological polar surface area (TPSA) is 135 Å². The number of aromatic hydroxyl groups is 1. The van der Waals surface area contributed by atoms with Crippen LogP contribution >= 0.6 is 0 Å². The van der Waals surface area contributed by atoms with E-state index in [1.165, 1.54) is 13.2 Å². The molecule has 0 unspecified atom stereocenters. The van der Waals surface area contributed by atoms with Crippen molar-refractivity contribution in [2.45, 2.75) is 50.2 Å². The van der Waals surface area contributed by atoms with Gasteiger partial charge in [0.1, 0.15) is 47.6 Å². The summed E-state index contributed by atoms with van der Waals surface area (Å²) in [6, 6.07) is 2.75. The molecule has 0 radical (unpaired) electrons. The Morgan fingerprint density at radius 1 is 1.23 bits per heavy atom. The normalized spacial score (nSPS) is 31.7. The van der Waals surface area contributed by atoms with Gasteiger partial charge in [0.25, 0.3) is 0 Å². The van der Waals surface area contributed by atoms with Crippen LogP contribution in [0.3, 0.4) is 0 Å². The highest BCUT2D eigenvalue weighted by molar-refractivity contribution is 5.95. The van der Waals surface area contributed by atoms with Gasteiger partial charge in [0.15, 0.2) is 0 Å². The lowest BCUT2D eigenvalue weighted by Crippen LogP contribution is -2.60. The molecule has 0 spiro atoms. The second-order valence-corrected chi connectivity index (χ2v) is 7.06. The number of methoxy groups -OCH3 is 1. The van der Waals surface area contributed by atoms with Crippen molar-refractivity contribution in [3.63, 3.8) is 0 Å². The minimum absolute atomic E-state index is 0.0517. The van der Waals surface area contributed by atoms with Crippen LogP contribution in [-0.2, 0) is 20.6 Å². The number of hydrogen-bond acceptors (Lipinski definition) is 9. The molecule has 6 atom stereocenters. The molecule has 0 bridgehead atoms. The summed E-state index contributed by atoms with van der Waals surface area (Å²) >= 11 is 0. The molecule has 0 aromatic heterocycles. The van der Waals surface area contributed by atoms with Gasteiger partial charge in [-0.05, 0) is 24.6 Å². The number of aliphatic hydroxyl groups is 3. The van der Waals surface area contributed by atoms with Crippen LogP contribution in [0.2, 0.25) is 0 Å². The molecule has 1 saturated heterocycles. The van der Waals surface area contributed by atoms with Crippen LogP contribution in [0.5, 0.6) is 11.5 Å². The standard InChI is InChI=1S/C21H26O9/c1-3-4-5-6-12-7-11-8-13(9-14(23)16(11)20(26)28-12)29-21-18(25)17(24)19(27-2)15(10-22)30-21/h3-6,8-9,12,15,17-19,21-25H,7,10H2,1-2H3/b4-3+,6-5+/t12-,15+,17+,18+,19+,21+/m0/s1. The maximum atomic E-state index is 12.3. The van der Waals surface area contributed by atoms with Crippen LogP contribution in [0.1, 0.15) is 22.8 Å². The molecule has 0 aliphatic carbocycles. The Balaban J connectivity index is 1.82. The van der Waals surface area contributed by atoms with Crippen molar-refractivity contribution in [1.29, 1.82) is 0 Å². The minimum Gasteiger partial charge on any atom is -0.507 e. The molecule has 30 heavy (non-hydrogen) atoms. The Kier molecular flexibility index (Phi) is 7.11. The van der Waals surface area contributed by atoms with Crippen LogP contribution < -0.4 is 4.74 Å². The lowest BCUT2D eigenvalue weighted by atomic mass is 9.96. The third-order valence-electron chi connectivity index (χ3n) is 5.03. The van der Waals surface area contributed by atoms with Crippen LogP contribution in [0.15, 0.2) is 36.4 Å². The summed E-state index contributed by atoms with van der Waals surface area (Å²) in [5.41, 5.74) is 0.562. The van der Waals surface area contributed by atoms with Crippen molar-refractivity contribution in [2.24, 2.45) is 0 Å². The Morgan fingerprint density at radius 2 is 2.00 bits per heavy atom. The van der Waals surface area contributed by atoms with Gasteiger partial charge < -0.3 is 39.4 Å². The van der Waals surface area contributed by atoms with E-state index in [1.807, 2.05) is 13.0 Å². The van der Waals surface area contributed by atoms with Crippen LogP contribution in [0.4, 0.5) is 0 Å². The van der Waals surface area contributed by atoms with Crippen molar-refractivity contribution in [3.8, 4) is 11.5 Å². The van der Waals surface area contributed by atoms with E-state index in [1.54, 1.807) is 24.3 Å². The van der Waals surface area contributed by atoms with E-state index in [4.69, 9.17) is 18.9 Å². The number of aliphatic hydroxyl groups excluding tert-OH is 3. The molecule has 1 aromatic carbocycles. The maximum absolute atomic E-state index is 12.3. The van der Waals surface area contributed by atoms with E-state index in [0.29, 0.717) is 12.0 Å². The van der Waals surface area contributed by atoms with E-state index in [0.717, 1.165) is 0 Å². The average Bonchev–Trinajstić information content (AvgIpc) is 2.71. The SMILES string of the molecule is C/C=C/C=C/[C@H]1Cc2cc(O[C@@H]3O[C@H](CO)[C@@H](OC)[C@H](O)[C@H]3O)cc(O)c2C(=O)O1. The number of allylic oxidation sites excluding steroid dienone is 3. The number of ether oxygens (including phenoxy) is 4. The Labute approximate surface area is 173 Å². The summed E-state index contributed by atoms with van der Waals surface area (Å²) in [6.45, 7) is 1.41. The molecule has 0 amide bonds. The number of phenolic OH excluding ortho intramolecular Hbond substituents is 1. The third kappa shape index (κ3) is 4.50. The Hall–Kier alpha value is -2.43. The minimum atomic E-state index is -1.46. The van der Waals surface area contributed by atoms with Gasteiger partial charge in [0, 0.05) is 19.6 Å². The zero-order valence-electron chi connectivity index (χ0n) is 16.7. The molecular formula is C21H26O9. The molecule has 9 heteroatoms. The summed E-state index contributed by atoms with van der Waals surface area (Å²) in [6.07, 6.45) is 0.972. The van der Waals surface area contributed by atoms with Crippen LogP contribution in [-0.4, -0.2) is 76.9 Å². The number of hydrogen-bond donors (Lipinski definition) is 4. The molecule has 0 saturated carbocycles. The van der Waals surface area contributed by atoms with E-state index in [-0.39, 0.29) is 17.1 Å². The fraction of sp³-hybridized carbons (Fsp3) is 0.476. The summed E-state index contributed by atoms with van der Waals surface area (Å²) in [4.78, 5) is 12.3. The van der Waals surface area contributed by atoms with Crippen molar-refractivity contribution < 1.29 is 44.2 Å². The molecule has 1 fully saturated rings. The van der Waals surface area contributed by atoms with E-state index in [9.17, 15) is 25.2 Å². The van der Waals surface area contributed by atoms with Crippen molar-refractivity contribution in [1.82, 2.24) is 0 Å². The second-order valence-electron chi connectivity index (χ2n) is 7.06. The lowest BCUT2D eigenvalue weighted by molar-refractivity contribution is -0.281. The first-order valence-electron chi connectivity index (χ1n) is 9.57. The molecule has 2 aliphatic heterocycles. The first kappa shape index (κ1) is 22.3. The predicted molar refractivity (Wildman–Crippen MR) is 104 cm³/mol. The van der Waals surface area contributed by atoms with Gasteiger partial charge >= 0.3 is 5.97 Å². The van der Waals surface area contributed by atoms with Gasteiger partial charge in [-0.15, -0.1) is 0 Å². The van der Waals surface area contributed by atoms with Gasteiger partial charge in [-0.1, -0.05) is 18.2 Å². The summed E-state index contributed by atoms with van der Waals surface area (Å²) < 4.78 is 21.6. The molecular weight excluding hydrogens is 396 g/mol. The lowest BCUT2D eigenvalue weighted by Gasteiger charge is -2.41. The summed E-state index contributed by atoms with van der Waals surface area (Å²) in [7, 11) is 1.33. The average molecular weight is 422 g/mol. The second kappa shape index (κ2) is 9.59. The van der Waals surface area contributed by atoms with Gasteiger partial charge in [0.05, 0.1) is 6.61 Å². The first-order chi connectivity index (χ1) is 14.4. The fourth-order valence-corrected chi connectivity index (χ4v) is 3.56. The van der Waals surface area contributed by atoms with Gasteiger partial charge in [-0.2, -0.15) is 0 Å². The van der Waals surface area contributed by atoms with E-state index >= 15 is 0 Å². The van der Waals surface area contributed by atoms with Crippen molar-refractivity contribution >= 4 is 5.97 Å². The smallest absolute Gasteiger partial charge is 0.342 e. The van der Waals surface area contributed by atoms with E-state index in [2.05, 4.69) is 0 Å². The van der Waals surface area contributed by atoms with Gasteiger partial charge in [-0.3, -0.25) is 0 Å². The van der Waals surface area contributed by atoms with Crippen LogP contribution in [0, 0.1) is 0 Å². The molecule has 9 nitrogen and oxygen atoms in total. The summed E-state index contributed by atoms with van der Waals surface area (Å²) in [5, 5.41) is 40.3. The number of esters is 1. The molecule has 164 valence electrons. The maximum Gasteiger partial charge on any atom is 0.342 e. The number of carbonyl (C=O) groups is 1. The van der Waals surface area contributed by atoms with Crippen molar-refractivity contribution in [2.75, 3.05) is 13.7 Å².